The molecule has 0 fully saturated rings. The third-order valence-electron chi connectivity index (χ3n) is 4.93. The van der Waals surface area contributed by atoms with Crippen molar-refractivity contribution in [2.24, 2.45) is 0 Å². The Balaban J connectivity index is 1.87. The molecule has 0 aliphatic rings. The predicted molar refractivity (Wildman–Crippen MR) is 112 cm³/mol. The molecule has 5 heteroatoms. The summed E-state index contributed by atoms with van der Waals surface area (Å²) in [5.74, 6) is 1.94. The van der Waals surface area contributed by atoms with Crippen LogP contribution in [0.4, 0.5) is 5.82 Å². The number of hydrogen-bond acceptors (Lipinski definition) is 5. The number of benzene rings is 2. The summed E-state index contributed by atoms with van der Waals surface area (Å²) in [6, 6.07) is 16.3. The highest BCUT2D eigenvalue weighted by Crippen LogP contribution is 2.42. The van der Waals surface area contributed by atoms with Crippen molar-refractivity contribution in [2.45, 2.75) is 26.2 Å². The smallest absolute Gasteiger partial charge is 0.232 e. The number of aryl methyl sites for hydroxylation is 1. The summed E-state index contributed by atoms with van der Waals surface area (Å²) in [6.45, 7) is 2.20. The van der Waals surface area contributed by atoms with Crippen LogP contribution >= 0.6 is 0 Å². The second-order valence-corrected chi connectivity index (χ2v) is 6.77. The zero-order valence-electron chi connectivity index (χ0n) is 16.1. The van der Waals surface area contributed by atoms with E-state index in [1.54, 1.807) is 7.11 Å². The molecule has 0 bridgehead atoms. The van der Waals surface area contributed by atoms with E-state index in [4.69, 9.17) is 14.9 Å². The van der Waals surface area contributed by atoms with Crippen LogP contribution in [0.2, 0.25) is 0 Å². The maximum absolute atomic E-state index is 6.20. The number of anilines is 1. The zero-order valence-corrected chi connectivity index (χ0v) is 16.1. The van der Waals surface area contributed by atoms with Crippen molar-refractivity contribution in [1.82, 2.24) is 9.97 Å². The molecule has 0 spiro atoms. The van der Waals surface area contributed by atoms with E-state index in [9.17, 15) is 0 Å². The molecule has 2 heterocycles. The van der Waals surface area contributed by atoms with Crippen molar-refractivity contribution in [1.29, 1.82) is 0 Å². The fourth-order valence-electron chi connectivity index (χ4n) is 3.40. The average Bonchev–Trinajstić information content (AvgIpc) is 3.13. The molecule has 2 aromatic heterocycles. The SMILES string of the molecule is CCCCc1ccc(-c2c(-c3ccc(OC)cc3)oc3ncnc(N)c23)cc1. The van der Waals surface area contributed by atoms with E-state index in [0.29, 0.717) is 11.5 Å². The molecule has 0 amide bonds. The number of nitrogen functional groups attached to an aromatic ring is 1. The summed E-state index contributed by atoms with van der Waals surface area (Å²) in [5.41, 5.74) is 10.9. The van der Waals surface area contributed by atoms with Crippen LogP contribution < -0.4 is 10.5 Å². The third kappa shape index (κ3) is 3.31. The molecular weight excluding hydrogens is 350 g/mol. The maximum Gasteiger partial charge on any atom is 0.232 e. The first kappa shape index (κ1) is 18.0. The van der Waals surface area contributed by atoms with Gasteiger partial charge in [0.25, 0.3) is 0 Å². The Kier molecular flexibility index (Phi) is 4.98. The molecule has 2 N–H and O–H groups in total. The Bertz CT molecular complexity index is 1080. The van der Waals surface area contributed by atoms with Crippen molar-refractivity contribution in [3.8, 4) is 28.2 Å². The minimum absolute atomic E-state index is 0.415. The van der Waals surface area contributed by atoms with Gasteiger partial charge in [-0.05, 0) is 48.2 Å². The number of unbranched alkanes of at least 4 members (excludes halogenated alkanes) is 1. The molecule has 4 aromatic rings. The molecule has 142 valence electrons. The number of methoxy groups -OCH3 is 1. The summed E-state index contributed by atoms with van der Waals surface area (Å²) < 4.78 is 11.4. The van der Waals surface area contributed by atoms with E-state index in [1.807, 2.05) is 24.3 Å². The fraction of sp³-hybridized carbons (Fsp3) is 0.217. The van der Waals surface area contributed by atoms with Crippen molar-refractivity contribution in [3.05, 3.63) is 60.4 Å². The van der Waals surface area contributed by atoms with Gasteiger partial charge in [0.2, 0.25) is 5.71 Å². The second-order valence-electron chi connectivity index (χ2n) is 6.77. The van der Waals surface area contributed by atoms with Gasteiger partial charge in [-0.25, -0.2) is 9.97 Å². The topological polar surface area (TPSA) is 74.2 Å². The quantitative estimate of drug-likeness (QED) is 0.484. The molecule has 4 rings (SSSR count). The van der Waals surface area contributed by atoms with Gasteiger partial charge in [0.1, 0.15) is 23.7 Å². The van der Waals surface area contributed by atoms with Crippen LogP contribution in [0, 0.1) is 0 Å². The molecule has 0 radical (unpaired) electrons. The second kappa shape index (κ2) is 7.72. The number of hydrogen-bond donors (Lipinski definition) is 1. The number of ether oxygens (including phenoxy) is 1. The van der Waals surface area contributed by atoms with Crippen LogP contribution in [0.15, 0.2) is 59.3 Å². The van der Waals surface area contributed by atoms with Crippen LogP contribution in [0.25, 0.3) is 33.6 Å². The lowest BCUT2D eigenvalue weighted by molar-refractivity contribution is 0.415. The van der Waals surface area contributed by atoms with E-state index in [0.717, 1.165) is 40.0 Å². The molecule has 5 nitrogen and oxygen atoms in total. The molecular formula is C23H23N3O2. The zero-order chi connectivity index (χ0) is 19.5. The first-order valence-electron chi connectivity index (χ1n) is 9.48. The Hall–Kier alpha value is -3.34. The van der Waals surface area contributed by atoms with Crippen LogP contribution in [0.5, 0.6) is 5.75 Å². The number of nitrogens with zero attached hydrogens (tertiary/aromatic N) is 2. The third-order valence-corrected chi connectivity index (χ3v) is 4.93. The van der Waals surface area contributed by atoms with Gasteiger partial charge in [-0.1, -0.05) is 37.6 Å². The van der Waals surface area contributed by atoms with Gasteiger partial charge in [0.15, 0.2) is 0 Å². The summed E-state index contributed by atoms with van der Waals surface area (Å²) in [7, 11) is 1.65. The molecule has 0 aliphatic heterocycles. The number of nitrogens with two attached hydrogens (primary N) is 1. The Morgan fingerprint density at radius 3 is 2.36 bits per heavy atom. The lowest BCUT2D eigenvalue weighted by Gasteiger charge is -2.07. The standard InChI is InChI=1S/C23H23N3O2/c1-3-4-5-15-6-8-16(9-7-15)19-20-22(24)25-14-26-23(20)28-21(19)17-10-12-18(27-2)13-11-17/h6-14H,3-5H2,1-2H3,(H2,24,25,26). The lowest BCUT2D eigenvalue weighted by atomic mass is 9.97. The van der Waals surface area contributed by atoms with Crippen LogP contribution in [-0.2, 0) is 6.42 Å². The molecule has 28 heavy (non-hydrogen) atoms. The van der Waals surface area contributed by atoms with Gasteiger partial charge in [0, 0.05) is 11.1 Å². The van der Waals surface area contributed by atoms with E-state index in [2.05, 4.69) is 41.2 Å². The average molecular weight is 373 g/mol. The Morgan fingerprint density at radius 2 is 1.68 bits per heavy atom. The van der Waals surface area contributed by atoms with Gasteiger partial charge >= 0.3 is 0 Å². The van der Waals surface area contributed by atoms with Crippen molar-refractivity contribution >= 4 is 16.9 Å². The largest absolute Gasteiger partial charge is 0.497 e. The summed E-state index contributed by atoms with van der Waals surface area (Å²) in [4.78, 5) is 8.46. The van der Waals surface area contributed by atoms with Gasteiger partial charge in [-0.2, -0.15) is 0 Å². The summed E-state index contributed by atoms with van der Waals surface area (Å²) >= 11 is 0. The molecule has 0 saturated heterocycles. The molecule has 0 unspecified atom stereocenters. The van der Waals surface area contributed by atoms with Crippen LogP contribution in [-0.4, -0.2) is 17.1 Å². The number of furan rings is 1. The van der Waals surface area contributed by atoms with Crippen molar-refractivity contribution < 1.29 is 9.15 Å². The van der Waals surface area contributed by atoms with E-state index < -0.39 is 0 Å². The van der Waals surface area contributed by atoms with Gasteiger partial charge in [0.05, 0.1) is 12.5 Å². The van der Waals surface area contributed by atoms with Crippen LogP contribution in [0.3, 0.4) is 0 Å². The minimum atomic E-state index is 0.415. The van der Waals surface area contributed by atoms with E-state index in [-0.39, 0.29) is 0 Å². The highest BCUT2D eigenvalue weighted by molar-refractivity contribution is 6.05. The molecule has 0 aliphatic carbocycles. The van der Waals surface area contributed by atoms with Gasteiger partial charge in [-0.3, -0.25) is 0 Å². The summed E-state index contributed by atoms with van der Waals surface area (Å²) in [6.07, 6.45) is 4.88. The normalized spacial score (nSPS) is 11.1. The lowest BCUT2D eigenvalue weighted by Crippen LogP contribution is -1.92. The number of aromatic nitrogens is 2. The molecule has 0 atom stereocenters. The Morgan fingerprint density at radius 1 is 0.964 bits per heavy atom. The van der Waals surface area contributed by atoms with Gasteiger partial charge < -0.3 is 14.9 Å². The molecule has 0 saturated carbocycles. The first-order chi connectivity index (χ1) is 13.7. The van der Waals surface area contributed by atoms with E-state index in [1.165, 1.54) is 24.7 Å². The highest BCUT2D eigenvalue weighted by atomic mass is 16.5. The van der Waals surface area contributed by atoms with Crippen molar-refractivity contribution in [2.75, 3.05) is 12.8 Å². The predicted octanol–water partition coefficient (Wildman–Crippen LogP) is 5.49. The number of fused-ring (bicyclic) bond motifs is 1. The van der Waals surface area contributed by atoms with Crippen molar-refractivity contribution in [3.63, 3.8) is 0 Å². The van der Waals surface area contributed by atoms with E-state index >= 15 is 0 Å². The monoisotopic (exact) mass is 373 g/mol. The summed E-state index contributed by atoms with van der Waals surface area (Å²) in [5, 5.41) is 0.745. The minimum Gasteiger partial charge on any atom is -0.497 e. The molecule has 2 aromatic carbocycles. The highest BCUT2D eigenvalue weighted by Gasteiger charge is 2.21. The van der Waals surface area contributed by atoms with Crippen LogP contribution in [0.1, 0.15) is 25.3 Å². The maximum atomic E-state index is 6.20. The number of rotatable bonds is 6. The first-order valence-corrected chi connectivity index (χ1v) is 9.48. The Labute approximate surface area is 164 Å². The fourth-order valence-corrected chi connectivity index (χ4v) is 3.40. The van der Waals surface area contributed by atoms with Gasteiger partial charge in [-0.15, -0.1) is 0 Å².